The van der Waals surface area contributed by atoms with Crippen molar-refractivity contribution in [3.8, 4) is 0 Å². The van der Waals surface area contributed by atoms with Crippen molar-refractivity contribution in [2.75, 3.05) is 0 Å². The molecule has 2 rings (SSSR count). The van der Waals surface area contributed by atoms with E-state index in [2.05, 4.69) is 5.32 Å². The van der Waals surface area contributed by atoms with E-state index in [0.29, 0.717) is 5.57 Å². The Morgan fingerprint density at radius 3 is 2.69 bits per heavy atom. The van der Waals surface area contributed by atoms with Gasteiger partial charge in [-0.1, -0.05) is 13.0 Å². The van der Waals surface area contributed by atoms with Crippen molar-refractivity contribution in [3.63, 3.8) is 0 Å². The highest BCUT2D eigenvalue weighted by molar-refractivity contribution is 6.21. The molecule has 0 saturated carbocycles. The Labute approximate surface area is 93.5 Å². The maximum absolute atomic E-state index is 12.0. The molecule has 2 saturated heterocycles. The minimum Gasteiger partial charge on any atom is -0.368 e. The molecule has 2 N–H and O–H groups in total. The van der Waals surface area contributed by atoms with Gasteiger partial charge in [0.05, 0.1) is 0 Å². The average molecular weight is 225 g/mol. The number of carbonyl (C=O) groups is 2. The van der Waals surface area contributed by atoms with E-state index in [1.165, 1.54) is 6.92 Å². The number of hydrogen-bond acceptors (Lipinski definition) is 4. The van der Waals surface area contributed by atoms with Crippen LogP contribution in [0, 0.1) is 0 Å². The number of fused-ring (bicyclic) bond motifs is 1. The van der Waals surface area contributed by atoms with Crippen LogP contribution in [0.1, 0.15) is 27.2 Å². The highest BCUT2D eigenvalue weighted by Gasteiger charge is 2.79. The molecule has 0 bridgehead atoms. The Hall–Kier alpha value is -1.20. The fraction of sp³-hybridized carbons (Fsp3) is 0.636. The zero-order valence-corrected chi connectivity index (χ0v) is 9.53. The number of aliphatic hydroxyl groups is 1. The molecular formula is C11H15NO4. The molecule has 0 radical (unpaired) electrons. The Morgan fingerprint density at radius 2 is 2.31 bits per heavy atom. The number of ether oxygens (including phenoxy) is 1. The molecule has 88 valence electrons. The molecule has 0 aromatic carbocycles. The molecule has 2 heterocycles. The number of ketones is 1. The molecular weight excluding hydrogens is 210 g/mol. The van der Waals surface area contributed by atoms with Crippen LogP contribution in [0.2, 0.25) is 0 Å². The van der Waals surface area contributed by atoms with E-state index in [1.54, 1.807) is 13.0 Å². The molecule has 0 aromatic rings. The van der Waals surface area contributed by atoms with Crippen LogP contribution in [0.4, 0.5) is 0 Å². The Morgan fingerprint density at radius 1 is 1.69 bits per heavy atom. The van der Waals surface area contributed by atoms with E-state index in [4.69, 9.17) is 4.74 Å². The summed E-state index contributed by atoms with van der Waals surface area (Å²) < 4.78 is 5.14. The van der Waals surface area contributed by atoms with Crippen LogP contribution in [-0.2, 0) is 14.3 Å². The monoisotopic (exact) mass is 225 g/mol. The van der Waals surface area contributed by atoms with Gasteiger partial charge in [-0.05, 0) is 25.8 Å². The van der Waals surface area contributed by atoms with Crippen LogP contribution in [0.15, 0.2) is 11.6 Å². The number of hydrogen-bond donors (Lipinski definition) is 2. The Bertz CT molecular complexity index is 399. The lowest BCUT2D eigenvalue weighted by atomic mass is 9.93. The summed E-state index contributed by atoms with van der Waals surface area (Å²) in [6.07, 6.45) is 1.70. The first-order valence-electron chi connectivity index (χ1n) is 5.30. The van der Waals surface area contributed by atoms with Crippen LogP contribution in [0.25, 0.3) is 0 Å². The van der Waals surface area contributed by atoms with Gasteiger partial charge in [-0.15, -0.1) is 0 Å². The minimum atomic E-state index is -1.47. The zero-order chi connectivity index (χ0) is 12.1. The van der Waals surface area contributed by atoms with Crippen LogP contribution < -0.4 is 5.32 Å². The molecule has 2 fully saturated rings. The first-order valence-corrected chi connectivity index (χ1v) is 5.30. The van der Waals surface area contributed by atoms with E-state index in [-0.39, 0.29) is 5.78 Å². The number of rotatable bonds is 3. The number of amides is 1. The number of nitrogens with one attached hydrogen (secondary N) is 1. The van der Waals surface area contributed by atoms with Gasteiger partial charge in [-0.2, -0.15) is 0 Å². The summed E-state index contributed by atoms with van der Waals surface area (Å²) in [5.41, 5.74) is -2.42. The second-order valence-electron chi connectivity index (χ2n) is 4.46. The van der Waals surface area contributed by atoms with Gasteiger partial charge in [0, 0.05) is 0 Å². The number of allylic oxidation sites excluding steroid dienone is 1. The third-order valence-corrected chi connectivity index (χ3v) is 3.04. The molecule has 5 nitrogen and oxygen atoms in total. The van der Waals surface area contributed by atoms with Gasteiger partial charge in [0.25, 0.3) is 5.91 Å². The molecule has 1 unspecified atom stereocenters. The van der Waals surface area contributed by atoms with Gasteiger partial charge < -0.3 is 15.2 Å². The SMILES string of the molecule is CC/C=C(\C)C(=O)[C@@]12O[C@H]1C(C)(O)NC2=O. The highest BCUT2D eigenvalue weighted by Crippen LogP contribution is 2.49. The molecule has 16 heavy (non-hydrogen) atoms. The summed E-state index contributed by atoms with van der Waals surface area (Å²) in [6.45, 7) is 4.99. The fourth-order valence-electron chi connectivity index (χ4n) is 2.19. The first kappa shape index (κ1) is 11.3. The summed E-state index contributed by atoms with van der Waals surface area (Å²) in [6, 6.07) is 0. The van der Waals surface area contributed by atoms with Gasteiger partial charge in [0.1, 0.15) is 0 Å². The van der Waals surface area contributed by atoms with E-state index in [9.17, 15) is 14.7 Å². The van der Waals surface area contributed by atoms with E-state index in [1.807, 2.05) is 6.92 Å². The van der Waals surface area contributed by atoms with E-state index < -0.39 is 23.3 Å². The van der Waals surface area contributed by atoms with Gasteiger partial charge in [0.15, 0.2) is 11.8 Å². The van der Waals surface area contributed by atoms with Gasteiger partial charge in [0.2, 0.25) is 11.4 Å². The molecule has 2 aliphatic rings. The van der Waals surface area contributed by atoms with Gasteiger partial charge in [-0.25, -0.2) is 0 Å². The average Bonchev–Trinajstić information content (AvgIpc) is 2.88. The normalized spacial score (nSPS) is 41.6. The van der Waals surface area contributed by atoms with Crippen molar-refractivity contribution < 1.29 is 19.4 Å². The number of morpholine rings is 1. The Balaban J connectivity index is 2.28. The largest absolute Gasteiger partial charge is 0.368 e. The first-order chi connectivity index (χ1) is 7.36. The molecule has 1 amide bonds. The van der Waals surface area contributed by atoms with Crippen molar-refractivity contribution in [3.05, 3.63) is 11.6 Å². The third-order valence-electron chi connectivity index (χ3n) is 3.04. The summed E-state index contributed by atoms with van der Waals surface area (Å²) in [4.78, 5) is 23.7. The van der Waals surface area contributed by atoms with Crippen molar-refractivity contribution in [1.29, 1.82) is 0 Å². The predicted molar refractivity (Wildman–Crippen MR) is 55.4 cm³/mol. The van der Waals surface area contributed by atoms with Crippen LogP contribution in [0.3, 0.4) is 0 Å². The van der Waals surface area contributed by atoms with E-state index in [0.717, 1.165) is 6.42 Å². The topological polar surface area (TPSA) is 78.9 Å². The number of Topliss-reactive ketones (excluding diaryl/α,β-unsaturated/α-hetero) is 1. The lowest BCUT2D eigenvalue weighted by Crippen LogP contribution is -2.45. The van der Waals surface area contributed by atoms with Crippen molar-refractivity contribution in [2.45, 2.75) is 44.6 Å². The summed E-state index contributed by atoms with van der Waals surface area (Å²) in [7, 11) is 0. The standard InChI is InChI=1S/C11H15NO4/c1-4-5-6(2)7(13)11-8(16-11)10(3,15)12-9(11)14/h5,8,15H,4H2,1-3H3,(H,12,14)/b6-5+/t8-,10?,11+/m0/s1. The molecule has 0 aromatic heterocycles. The van der Waals surface area contributed by atoms with Crippen LogP contribution in [-0.4, -0.2) is 34.2 Å². The van der Waals surface area contributed by atoms with Crippen molar-refractivity contribution in [1.82, 2.24) is 5.32 Å². The second-order valence-corrected chi connectivity index (χ2v) is 4.46. The molecule has 3 atom stereocenters. The highest BCUT2D eigenvalue weighted by atomic mass is 16.6. The summed E-state index contributed by atoms with van der Waals surface area (Å²) in [5, 5.41) is 12.1. The lowest BCUT2D eigenvalue weighted by molar-refractivity contribution is -0.137. The van der Waals surface area contributed by atoms with Crippen molar-refractivity contribution in [2.24, 2.45) is 0 Å². The smallest absolute Gasteiger partial charge is 0.265 e. The quantitative estimate of drug-likeness (QED) is 0.399. The maximum atomic E-state index is 12.0. The molecule has 2 aliphatic heterocycles. The number of carbonyl (C=O) groups excluding carboxylic acids is 2. The minimum absolute atomic E-state index is 0.352. The summed E-state index contributed by atoms with van der Waals surface area (Å²) >= 11 is 0. The van der Waals surface area contributed by atoms with Crippen LogP contribution in [0.5, 0.6) is 0 Å². The maximum Gasteiger partial charge on any atom is 0.265 e. The Kier molecular flexibility index (Phi) is 2.22. The van der Waals surface area contributed by atoms with Gasteiger partial charge >= 0.3 is 0 Å². The fourth-order valence-corrected chi connectivity index (χ4v) is 2.19. The zero-order valence-electron chi connectivity index (χ0n) is 9.53. The lowest BCUT2D eigenvalue weighted by Gasteiger charge is -2.16. The molecule has 5 heteroatoms. The molecule has 0 aliphatic carbocycles. The van der Waals surface area contributed by atoms with Crippen LogP contribution >= 0.6 is 0 Å². The van der Waals surface area contributed by atoms with Gasteiger partial charge in [-0.3, -0.25) is 9.59 Å². The number of epoxide rings is 1. The molecule has 0 spiro atoms. The predicted octanol–water partition coefficient (Wildman–Crippen LogP) is -0.112. The second kappa shape index (κ2) is 3.15. The van der Waals surface area contributed by atoms with Crippen molar-refractivity contribution >= 4 is 11.7 Å². The summed E-state index contributed by atoms with van der Waals surface area (Å²) in [5.74, 6) is -0.897. The van der Waals surface area contributed by atoms with E-state index >= 15 is 0 Å². The third kappa shape index (κ3) is 1.25.